The van der Waals surface area contributed by atoms with Crippen LogP contribution >= 0.6 is 15.9 Å². The average molecular weight is 458 g/mol. The van der Waals surface area contributed by atoms with Crippen molar-refractivity contribution >= 4 is 39.6 Å². The van der Waals surface area contributed by atoms with Crippen LogP contribution in [-0.4, -0.2) is 33.2 Å². The van der Waals surface area contributed by atoms with E-state index >= 15 is 0 Å². The number of ether oxygens (including phenoxy) is 3. The number of amides is 1. The maximum atomic E-state index is 13.3. The number of benzene rings is 2. The Balaban J connectivity index is 2.13. The second kappa shape index (κ2) is 8.53. The number of hydrogen-bond acceptors (Lipinski definition) is 5. The van der Waals surface area contributed by atoms with Crippen LogP contribution in [0.25, 0.3) is 6.08 Å². The van der Waals surface area contributed by atoms with Crippen LogP contribution in [0.15, 0.2) is 63.8 Å². The van der Waals surface area contributed by atoms with Crippen LogP contribution in [0.3, 0.4) is 0 Å². The smallest absolute Gasteiger partial charge is 0.340 e. The van der Waals surface area contributed by atoms with Gasteiger partial charge in [-0.25, -0.2) is 4.79 Å². The van der Waals surface area contributed by atoms with Crippen molar-refractivity contribution in [1.29, 1.82) is 0 Å². The molecule has 1 aliphatic heterocycles. The fourth-order valence-corrected chi connectivity index (χ4v) is 3.44. The average Bonchev–Trinajstić information content (AvgIpc) is 2.98. The molecular weight excluding hydrogens is 438 g/mol. The molecule has 0 aromatic heterocycles. The van der Waals surface area contributed by atoms with Gasteiger partial charge < -0.3 is 14.2 Å². The van der Waals surface area contributed by atoms with Crippen molar-refractivity contribution in [2.75, 3.05) is 26.2 Å². The van der Waals surface area contributed by atoms with E-state index in [9.17, 15) is 9.59 Å². The van der Waals surface area contributed by atoms with Gasteiger partial charge >= 0.3 is 5.97 Å². The van der Waals surface area contributed by atoms with Crippen molar-refractivity contribution in [2.45, 2.75) is 6.92 Å². The van der Waals surface area contributed by atoms with E-state index in [2.05, 4.69) is 15.9 Å². The molecule has 0 radical (unpaired) electrons. The standard InChI is InChI=1S/C22H20BrNO5/c1-13-20(22(26)29-4)17(11-14-5-7-15(23)8-6-14)21(25)24(13)16-9-10-18(27-2)19(12-16)28-3/h5-12H,1-4H3/b17-11-. The predicted molar refractivity (Wildman–Crippen MR) is 114 cm³/mol. The van der Waals surface area contributed by atoms with E-state index in [-0.39, 0.29) is 17.1 Å². The van der Waals surface area contributed by atoms with E-state index in [1.807, 2.05) is 24.3 Å². The zero-order chi connectivity index (χ0) is 21.1. The summed E-state index contributed by atoms with van der Waals surface area (Å²) in [5.41, 5.74) is 2.34. The van der Waals surface area contributed by atoms with Crippen molar-refractivity contribution in [1.82, 2.24) is 0 Å². The highest BCUT2D eigenvalue weighted by Gasteiger charge is 2.38. The van der Waals surface area contributed by atoms with E-state index in [1.54, 1.807) is 31.2 Å². The molecule has 29 heavy (non-hydrogen) atoms. The quantitative estimate of drug-likeness (QED) is 0.493. The van der Waals surface area contributed by atoms with E-state index < -0.39 is 5.97 Å². The summed E-state index contributed by atoms with van der Waals surface area (Å²) in [5, 5.41) is 0. The molecular formula is C22H20BrNO5. The molecule has 0 bridgehead atoms. The van der Waals surface area contributed by atoms with Crippen molar-refractivity contribution in [3.8, 4) is 11.5 Å². The molecule has 0 saturated carbocycles. The Hall–Kier alpha value is -3.06. The van der Waals surface area contributed by atoms with Gasteiger partial charge in [0, 0.05) is 16.2 Å². The number of anilines is 1. The molecule has 0 saturated heterocycles. The summed E-state index contributed by atoms with van der Waals surface area (Å²) in [6.45, 7) is 1.71. The van der Waals surface area contributed by atoms with Gasteiger partial charge in [-0.15, -0.1) is 0 Å². The Morgan fingerprint density at radius 1 is 1.00 bits per heavy atom. The van der Waals surface area contributed by atoms with Crippen LogP contribution in [0.2, 0.25) is 0 Å². The van der Waals surface area contributed by atoms with Crippen molar-refractivity contribution in [3.63, 3.8) is 0 Å². The first-order valence-electron chi connectivity index (χ1n) is 8.74. The first kappa shape index (κ1) is 20.7. The minimum atomic E-state index is -0.567. The Bertz CT molecular complexity index is 1020. The Morgan fingerprint density at radius 2 is 1.66 bits per heavy atom. The lowest BCUT2D eigenvalue weighted by Gasteiger charge is -2.19. The molecule has 0 spiro atoms. The number of allylic oxidation sites excluding steroid dienone is 1. The maximum Gasteiger partial charge on any atom is 0.340 e. The Labute approximate surface area is 177 Å². The summed E-state index contributed by atoms with van der Waals surface area (Å²) in [6, 6.07) is 12.6. The zero-order valence-corrected chi connectivity index (χ0v) is 18.1. The van der Waals surface area contributed by atoms with E-state index in [4.69, 9.17) is 14.2 Å². The van der Waals surface area contributed by atoms with E-state index in [0.29, 0.717) is 22.9 Å². The maximum absolute atomic E-state index is 13.3. The van der Waals surface area contributed by atoms with Gasteiger partial charge in [0.25, 0.3) is 5.91 Å². The number of esters is 1. The topological polar surface area (TPSA) is 65.1 Å². The van der Waals surface area contributed by atoms with Crippen LogP contribution in [0.1, 0.15) is 12.5 Å². The van der Waals surface area contributed by atoms with Gasteiger partial charge in [-0.05, 0) is 42.8 Å². The summed E-state index contributed by atoms with van der Waals surface area (Å²) in [4.78, 5) is 27.2. The number of halogens is 1. The van der Waals surface area contributed by atoms with Crippen molar-refractivity contribution < 1.29 is 23.8 Å². The van der Waals surface area contributed by atoms with Crippen molar-refractivity contribution in [2.24, 2.45) is 0 Å². The number of methoxy groups -OCH3 is 3. The number of rotatable bonds is 5. The third kappa shape index (κ3) is 3.91. The third-order valence-corrected chi connectivity index (χ3v) is 5.12. The van der Waals surface area contributed by atoms with Gasteiger partial charge in [0.15, 0.2) is 11.5 Å². The summed E-state index contributed by atoms with van der Waals surface area (Å²) < 4.78 is 16.5. The third-order valence-electron chi connectivity index (χ3n) is 4.60. The molecule has 3 rings (SSSR count). The van der Waals surface area contributed by atoms with Crippen LogP contribution in [-0.2, 0) is 14.3 Å². The van der Waals surface area contributed by atoms with Gasteiger partial charge in [-0.1, -0.05) is 28.1 Å². The molecule has 6 nitrogen and oxygen atoms in total. The summed E-state index contributed by atoms with van der Waals surface area (Å²) in [7, 11) is 4.36. The normalized spacial score (nSPS) is 15.1. The molecule has 7 heteroatoms. The van der Waals surface area contributed by atoms with Gasteiger partial charge in [-0.3, -0.25) is 9.69 Å². The highest BCUT2D eigenvalue weighted by molar-refractivity contribution is 9.10. The Kier molecular flexibility index (Phi) is 6.08. The highest BCUT2D eigenvalue weighted by Crippen LogP contribution is 2.39. The molecule has 0 aliphatic carbocycles. The minimum Gasteiger partial charge on any atom is -0.493 e. The monoisotopic (exact) mass is 457 g/mol. The lowest BCUT2D eigenvalue weighted by molar-refractivity contribution is -0.136. The second-order valence-electron chi connectivity index (χ2n) is 6.24. The van der Waals surface area contributed by atoms with Gasteiger partial charge in [-0.2, -0.15) is 0 Å². The molecule has 2 aromatic carbocycles. The molecule has 1 heterocycles. The number of carbonyl (C=O) groups is 2. The summed E-state index contributed by atoms with van der Waals surface area (Å²) in [6.07, 6.45) is 1.69. The molecule has 1 aliphatic rings. The first-order valence-corrected chi connectivity index (χ1v) is 9.53. The second-order valence-corrected chi connectivity index (χ2v) is 7.16. The summed E-state index contributed by atoms with van der Waals surface area (Å²) >= 11 is 3.39. The van der Waals surface area contributed by atoms with Gasteiger partial charge in [0.2, 0.25) is 0 Å². The van der Waals surface area contributed by atoms with Gasteiger partial charge in [0.1, 0.15) is 0 Å². The first-order chi connectivity index (χ1) is 13.9. The molecule has 0 unspecified atom stereocenters. The number of carbonyl (C=O) groups excluding carboxylic acids is 2. The molecule has 150 valence electrons. The largest absolute Gasteiger partial charge is 0.493 e. The van der Waals surface area contributed by atoms with Gasteiger partial charge in [0.05, 0.1) is 38.2 Å². The SMILES string of the molecule is COC(=O)C1=C(C)N(c2ccc(OC)c(OC)c2)C(=O)/C1=C\c1ccc(Br)cc1. The summed E-state index contributed by atoms with van der Waals surface area (Å²) in [5.74, 6) is 0.138. The van der Waals surface area contributed by atoms with Crippen LogP contribution < -0.4 is 14.4 Å². The minimum absolute atomic E-state index is 0.232. The van der Waals surface area contributed by atoms with Crippen LogP contribution in [0, 0.1) is 0 Å². The number of nitrogens with zero attached hydrogens (tertiary/aromatic N) is 1. The van der Waals surface area contributed by atoms with E-state index in [1.165, 1.54) is 26.2 Å². The molecule has 1 amide bonds. The zero-order valence-electron chi connectivity index (χ0n) is 16.5. The molecule has 0 N–H and O–H groups in total. The molecule has 2 aromatic rings. The van der Waals surface area contributed by atoms with Crippen LogP contribution in [0.4, 0.5) is 5.69 Å². The highest BCUT2D eigenvalue weighted by atomic mass is 79.9. The van der Waals surface area contributed by atoms with E-state index in [0.717, 1.165) is 10.0 Å². The lowest BCUT2D eigenvalue weighted by Crippen LogP contribution is -2.24. The van der Waals surface area contributed by atoms with Crippen molar-refractivity contribution in [3.05, 3.63) is 69.3 Å². The molecule has 0 fully saturated rings. The Morgan fingerprint density at radius 3 is 2.24 bits per heavy atom. The fraction of sp³-hybridized carbons (Fsp3) is 0.182. The molecule has 0 atom stereocenters. The predicted octanol–water partition coefficient (Wildman–Crippen LogP) is 4.34. The fourth-order valence-electron chi connectivity index (χ4n) is 3.18. The number of hydrogen-bond donors (Lipinski definition) is 0. The van der Waals surface area contributed by atoms with Crippen LogP contribution in [0.5, 0.6) is 11.5 Å². The lowest BCUT2D eigenvalue weighted by atomic mass is 10.0.